The van der Waals surface area contributed by atoms with Gasteiger partial charge in [0.15, 0.2) is 5.65 Å². The summed E-state index contributed by atoms with van der Waals surface area (Å²) in [6.07, 6.45) is -3.33. The Morgan fingerprint density at radius 3 is 2.69 bits per heavy atom. The van der Waals surface area contributed by atoms with Gasteiger partial charge in [0.25, 0.3) is 5.89 Å². The average molecular weight is 469 g/mol. The maximum absolute atomic E-state index is 13.0. The van der Waals surface area contributed by atoms with Crippen LogP contribution in [0.2, 0.25) is 5.02 Å². The van der Waals surface area contributed by atoms with Gasteiger partial charge in [-0.25, -0.2) is 4.98 Å². The summed E-state index contributed by atoms with van der Waals surface area (Å²) >= 11 is 5.97. The monoisotopic (exact) mass is 468 g/mol. The lowest BCUT2D eigenvalue weighted by atomic mass is 10.1. The minimum Gasteiger partial charge on any atom is -0.491 e. The van der Waals surface area contributed by atoms with Crippen molar-refractivity contribution < 1.29 is 32.6 Å². The number of aliphatic hydroxyl groups excluding tert-OH is 2. The molecule has 0 amide bonds. The normalized spacial score (nSPS) is 13.0. The first-order chi connectivity index (χ1) is 15.2. The number of aliphatic hydroxyl groups is 2. The van der Waals surface area contributed by atoms with Crippen LogP contribution in [0.4, 0.5) is 13.2 Å². The minimum atomic E-state index is -4.55. The van der Waals surface area contributed by atoms with Crippen molar-refractivity contribution in [2.75, 3.05) is 13.2 Å². The van der Waals surface area contributed by atoms with Crippen molar-refractivity contribution >= 4 is 17.2 Å². The van der Waals surface area contributed by atoms with Gasteiger partial charge >= 0.3 is 6.18 Å². The van der Waals surface area contributed by atoms with Crippen LogP contribution in [0.3, 0.4) is 0 Å². The molecule has 1 aromatic carbocycles. The van der Waals surface area contributed by atoms with Crippen molar-refractivity contribution in [2.45, 2.75) is 19.2 Å². The van der Waals surface area contributed by atoms with E-state index in [0.29, 0.717) is 11.3 Å². The fourth-order valence-electron chi connectivity index (χ4n) is 2.97. The van der Waals surface area contributed by atoms with E-state index in [-0.39, 0.29) is 34.7 Å². The van der Waals surface area contributed by atoms with E-state index in [0.717, 1.165) is 22.2 Å². The van der Waals surface area contributed by atoms with E-state index in [1.54, 1.807) is 25.1 Å². The number of benzene rings is 1. The van der Waals surface area contributed by atoms with Crippen LogP contribution in [-0.2, 0) is 6.18 Å². The van der Waals surface area contributed by atoms with E-state index in [1.807, 2.05) is 0 Å². The van der Waals surface area contributed by atoms with E-state index in [9.17, 15) is 18.3 Å². The summed E-state index contributed by atoms with van der Waals surface area (Å²) < 4.78 is 50.9. The van der Waals surface area contributed by atoms with Crippen LogP contribution in [-0.4, -0.2) is 49.1 Å². The molecule has 12 heteroatoms. The Hall–Kier alpha value is -3.15. The molecule has 2 N–H and O–H groups in total. The highest BCUT2D eigenvalue weighted by atomic mass is 35.5. The number of halogens is 4. The Labute approximate surface area is 183 Å². The highest BCUT2D eigenvalue weighted by Gasteiger charge is 2.32. The zero-order valence-electron chi connectivity index (χ0n) is 16.5. The highest BCUT2D eigenvalue weighted by molar-refractivity contribution is 6.33. The number of aromatic nitrogens is 4. The van der Waals surface area contributed by atoms with Gasteiger partial charge in [0.2, 0.25) is 5.82 Å². The van der Waals surface area contributed by atoms with Crippen LogP contribution < -0.4 is 4.74 Å². The smallest absolute Gasteiger partial charge is 0.417 e. The molecule has 0 aliphatic rings. The number of nitrogens with zero attached hydrogens (tertiary/aromatic N) is 4. The zero-order valence-corrected chi connectivity index (χ0v) is 17.2. The molecule has 1 unspecified atom stereocenters. The number of hydrogen-bond donors (Lipinski definition) is 2. The Kier molecular flexibility index (Phi) is 5.80. The van der Waals surface area contributed by atoms with Crippen LogP contribution in [0.1, 0.15) is 11.1 Å². The molecular formula is C20H16ClF3N4O4. The molecule has 168 valence electrons. The first kappa shape index (κ1) is 22.1. The maximum atomic E-state index is 13.0. The van der Waals surface area contributed by atoms with Crippen LogP contribution in [0, 0.1) is 6.92 Å². The van der Waals surface area contributed by atoms with Crippen LogP contribution in [0.15, 0.2) is 41.2 Å². The van der Waals surface area contributed by atoms with Gasteiger partial charge in [-0.1, -0.05) is 16.8 Å². The number of ether oxygens (including phenoxy) is 1. The second-order valence-electron chi connectivity index (χ2n) is 6.98. The number of fused-ring (bicyclic) bond motifs is 1. The van der Waals surface area contributed by atoms with Gasteiger partial charge in [-0.05, 0) is 36.8 Å². The molecule has 0 aliphatic heterocycles. The van der Waals surface area contributed by atoms with Crippen LogP contribution in [0.25, 0.3) is 28.6 Å². The molecule has 3 heterocycles. The number of rotatable bonds is 6. The van der Waals surface area contributed by atoms with Crippen molar-refractivity contribution in [1.29, 1.82) is 0 Å². The molecule has 4 aromatic rings. The third kappa shape index (κ3) is 4.40. The zero-order chi connectivity index (χ0) is 23.0. The second-order valence-corrected chi connectivity index (χ2v) is 7.39. The topological polar surface area (TPSA) is 106 Å². The Bertz CT molecular complexity index is 1270. The third-order valence-corrected chi connectivity index (χ3v) is 4.85. The second kappa shape index (κ2) is 8.41. The summed E-state index contributed by atoms with van der Waals surface area (Å²) in [5, 5.41) is 22.0. The fraction of sp³-hybridized carbons (Fsp3) is 0.250. The standard InChI is InChI=1S/C20H16ClF3N4O4/c1-10-4-13(31-9-12(30)8-29)2-3-14(10)17-26-19(32-27-17)16-7-28-6-11(20(22,23)24)5-15(21)18(28)25-16/h2-7,12,29-30H,8-9H2,1H3. The number of imidazole rings is 1. The average Bonchev–Trinajstić information content (AvgIpc) is 3.38. The Morgan fingerprint density at radius 2 is 2.00 bits per heavy atom. The summed E-state index contributed by atoms with van der Waals surface area (Å²) in [6.45, 7) is 1.33. The summed E-state index contributed by atoms with van der Waals surface area (Å²) in [7, 11) is 0. The molecule has 0 bridgehead atoms. The van der Waals surface area contributed by atoms with Crippen molar-refractivity contribution in [3.8, 4) is 28.7 Å². The largest absolute Gasteiger partial charge is 0.491 e. The summed E-state index contributed by atoms with van der Waals surface area (Å²) in [4.78, 5) is 8.49. The lowest BCUT2D eigenvalue weighted by Crippen LogP contribution is -2.21. The van der Waals surface area contributed by atoms with E-state index >= 15 is 0 Å². The minimum absolute atomic E-state index is 0.0131. The van der Waals surface area contributed by atoms with E-state index in [1.165, 1.54) is 6.20 Å². The Balaban J connectivity index is 1.61. The summed E-state index contributed by atoms with van der Waals surface area (Å²) in [5.41, 5.74) is 0.768. The number of pyridine rings is 1. The number of hydrogen-bond acceptors (Lipinski definition) is 7. The summed E-state index contributed by atoms with van der Waals surface area (Å²) in [6, 6.07) is 5.85. The van der Waals surface area contributed by atoms with Gasteiger partial charge in [0, 0.05) is 18.0 Å². The molecule has 32 heavy (non-hydrogen) atoms. The molecule has 4 rings (SSSR count). The van der Waals surface area contributed by atoms with Crippen molar-refractivity contribution in [3.63, 3.8) is 0 Å². The van der Waals surface area contributed by atoms with Crippen molar-refractivity contribution in [2.24, 2.45) is 0 Å². The van der Waals surface area contributed by atoms with Crippen molar-refractivity contribution in [3.05, 3.63) is 52.8 Å². The molecule has 0 spiro atoms. The van der Waals surface area contributed by atoms with Crippen LogP contribution >= 0.6 is 11.6 Å². The molecule has 0 saturated heterocycles. The lowest BCUT2D eigenvalue weighted by molar-refractivity contribution is -0.137. The van der Waals surface area contributed by atoms with Gasteiger partial charge in [-0.2, -0.15) is 18.2 Å². The number of alkyl halides is 3. The first-order valence-electron chi connectivity index (χ1n) is 9.28. The molecule has 0 aliphatic carbocycles. The molecule has 8 nitrogen and oxygen atoms in total. The predicted octanol–water partition coefficient (Wildman–Crippen LogP) is 3.76. The maximum Gasteiger partial charge on any atom is 0.417 e. The fourth-order valence-corrected chi connectivity index (χ4v) is 3.23. The van der Waals surface area contributed by atoms with Gasteiger partial charge in [-0.3, -0.25) is 0 Å². The SMILES string of the molecule is Cc1cc(OCC(O)CO)ccc1-c1noc(-c2cn3cc(C(F)(F)F)cc(Cl)c3n2)n1. The number of aryl methyl sites for hydroxylation is 1. The molecule has 3 aromatic heterocycles. The quantitative estimate of drug-likeness (QED) is 0.443. The van der Waals surface area contributed by atoms with Gasteiger partial charge in [0.1, 0.15) is 24.2 Å². The van der Waals surface area contributed by atoms with Gasteiger partial charge in [0.05, 0.1) is 17.2 Å². The predicted molar refractivity (Wildman–Crippen MR) is 107 cm³/mol. The molecule has 0 fully saturated rings. The molecule has 0 radical (unpaired) electrons. The molecule has 1 atom stereocenters. The highest BCUT2D eigenvalue weighted by Crippen LogP contribution is 2.33. The molecule has 0 saturated carbocycles. The van der Waals surface area contributed by atoms with E-state index in [2.05, 4.69) is 15.1 Å². The van der Waals surface area contributed by atoms with Gasteiger partial charge in [-0.15, -0.1) is 0 Å². The molecular weight excluding hydrogens is 453 g/mol. The lowest BCUT2D eigenvalue weighted by Gasteiger charge is -2.11. The van der Waals surface area contributed by atoms with E-state index < -0.39 is 24.5 Å². The van der Waals surface area contributed by atoms with E-state index in [4.69, 9.17) is 26.0 Å². The van der Waals surface area contributed by atoms with Gasteiger partial charge < -0.3 is 23.9 Å². The summed E-state index contributed by atoms with van der Waals surface area (Å²) in [5.74, 6) is 0.746. The third-order valence-electron chi connectivity index (χ3n) is 4.57. The Morgan fingerprint density at radius 1 is 1.22 bits per heavy atom. The first-order valence-corrected chi connectivity index (χ1v) is 9.66. The van der Waals surface area contributed by atoms with Crippen molar-refractivity contribution in [1.82, 2.24) is 19.5 Å². The van der Waals surface area contributed by atoms with Crippen LogP contribution in [0.5, 0.6) is 5.75 Å².